The smallest absolute Gasteiger partial charge is 0.155 e. The highest BCUT2D eigenvalue weighted by molar-refractivity contribution is 5.82. The molecule has 1 rings (SSSR count). The largest absolute Gasteiger partial charge is 0.378 e. The lowest BCUT2D eigenvalue weighted by Crippen LogP contribution is -2.22. The van der Waals surface area contributed by atoms with E-state index in [0.29, 0.717) is 18.4 Å². The molecule has 0 saturated heterocycles. The fourth-order valence-electron chi connectivity index (χ4n) is 1.62. The Kier molecular flexibility index (Phi) is 4.96. The Morgan fingerprint density at radius 1 is 1.69 bits per heavy atom. The lowest BCUT2D eigenvalue weighted by Gasteiger charge is -2.10. The normalized spacial score (nSPS) is 16.5. The molecule has 0 spiro atoms. The Bertz CT molecular complexity index is 342. The summed E-state index contributed by atoms with van der Waals surface area (Å²) < 4.78 is 13.5. The van der Waals surface area contributed by atoms with Crippen molar-refractivity contribution in [2.24, 2.45) is 0 Å². The molecule has 0 unspecified atom stereocenters. The molecule has 0 fully saturated rings. The second-order valence-corrected chi connectivity index (χ2v) is 3.92. The second kappa shape index (κ2) is 6.26. The average Bonchev–Trinajstić information content (AvgIpc) is 2.41. The van der Waals surface area contributed by atoms with Gasteiger partial charge in [-0.25, -0.2) is 4.39 Å². The number of carbonyl (C=O) groups is 1. The summed E-state index contributed by atoms with van der Waals surface area (Å²) in [6.45, 7) is 5.49. The van der Waals surface area contributed by atoms with Gasteiger partial charge in [0.05, 0.1) is 6.54 Å². The number of nitrogens with one attached hydrogen (secondary N) is 1. The highest BCUT2D eigenvalue weighted by Gasteiger charge is 2.11. The van der Waals surface area contributed by atoms with Crippen LogP contribution in [0.1, 0.15) is 32.6 Å². The SMILES string of the molecule is C=CCC(=O)CNC1=CCCCC(F)=C1C. The van der Waals surface area contributed by atoms with E-state index >= 15 is 0 Å². The molecule has 1 N–H and O–H groups in total. The molecule has 16 heavy (non-hydrogen) atoms. The zero-order chi connectivity index (χ0) is 12.0. The van der Waals surface area contributed by atoms with E-state index in [1.807, 2.05) is 6.08 Å². The maximum atomic E-state index is 13.5. The molecule has 0 aromatic rings. The molecule has 0 aromatic carbocycles. The van der Waals surface area contributed by atoms with Gasteiger partial charge in [0.15, 0.2) is 5.78 Å². The maximum Gasteiger partial charge on any atom is 0.155 e. The summed E-state index contributed by atoms with van der Waals surface area (Å²) in [5.41, 5.74) is 1.39. The van der Waals surface area contributed by atoms with Crippen molar-refractivity contribution < 1.29 is 9.18 Å². The molecule has 3 heteroatoms. The van der Waals surface area contributed by atoms with Gasteiger partial charge in [0, 0.05) is 17.7 Å². The summed E-state index contributed by atoms with van der Waals surface area (Å²) in [7, 11) is 0. The van der Waals surface area contributed by atoms with Crippen LogP contribution in [0.25, 0.3) is 0 Å². The number of rotatable bonds is 5. The molecular formula is C13H18FNO. The molecule has 1 aliphatic carbocycles. The van der Waals surface area contributed by atoms with Crippen molar-refractivity contribution in [3.05, 3.63) is 35.8 Å². The summed E-state index contributed by atoms with van der Waals surface area (Å²) in [5, 5.41) is 2.99. The third-order valence-electron chi connectivity index (χ3n) is 2.61. The van der Waals surface area contributed by atoms with Gasteiger partial charge in [0.25, 0.3) is 0 Å². The van der Waals surface area contributed by atoms with Crippen LogP contribution in [0.5, 0.6) is 0 Å². The number of ketones is 1. The molecule has 0 radical (unpaired) electrons. The van der Waals surface area contributed by atoms with E-state index in [0.717, 1.165) is 18.5 Å². The van der Waals surface area contributed by atoms with Gasteiger partial charge < -0.3 is 5.32 Å². The van der Waals surface area contributed by atoms with Crippen molar-refractivity contribution >= 4 is 5.78 Å². The van der Waals surface area contributed by atoms with E-state index in [1.165, 1.54) is 0 Å². The van der Waals surface area contributed by atoms with Gasteiger partial charge in [0.1, 0.15) is 5.83 Å². The molecule has 0 saturated carbocycles. The van der Waals surface area contributed by atoms with E-state index < -0.39 is 0 Å². The van der Waals surface area contributed by atoms with Crippen LogP contribution in [-0.4, -0.2) is 12.3 Å². The Labute approximate surface area is 95.9 Å². The molecule has 0 atom stereocenters. The van der Waals surface area contributed by atoms with E-state index in [-0.39, 0.29) is 18.2 Å². The molecule has 0 aliphatic heterocycles. The fraction of sp³-hybridized carbons (Fsp3) is 0.462. The van der Waals surface area contributed by atoms with Crippen molar-refractivity contribution in [3.8, 4) is 0 Å². The lowest BCUT2D eigenvalue weighted by atomic mass is 10.1. The molecule has 88 valence electrons. The van der Waals surface area contributed by atoms with Crippen LogP contribution in [0.3, 0.4) is 0 Å². The van der Waals surface area contributed by atoms with Gasteiger partial charge in [0.2, 0.25) is 0 Å². The van der Waals surface area contributed by atoms with Crippen LogP contribution >= 0.6 is 0 Å². The van der Waals surface area contributed by atoms with Gasteiger partial charge in [-0.15, -0.1) is 6.58 Å². The van der Waals surface area contributed by atoms with E-state index in [9.17, 15) is 9.18 Å². The van der Waals surface area contributed by atoms with Crippen molar-refractivity contribution in [3.63, 3.8) is 0 Å². The van der Waals surface area contributed by atoms with Crippen molar-refractivity contribution in [2.45, 2.75) is 32.6 Å². The van der Waals surface area contributed by atoms with Crippen LogP contribution in [0, 0.1) is 0 Å². The van der Waals surface area contributed by atoms with Crippen molar-refractivity contribution in [2.75, 3.05) is 6.54 Å². The third-order valence-corrected chi connectivity index (χ3v) is 2.61. The molecular weight excluding hydrogens is 205 g/mol. The van der Waals surface area contributed by atoms with Gasteiger partial charge >= 0.3 is 0 Å². The summed E-state index contributed by atoms with van der Waals surface area (Å²) >= 11 is 0. The Morgan fingerprint density at radius 2 is 2.44 bits per heavy atom. The Hall–Kier alpha value is -1.38. The van der Waals surface area contributed by atoms with Crippen LogP contribution in [0.4, 0.5) is 4.39 Å². The van der Waals surface area contributed by atoms with Crippen LogP contribution in [0.15, 0.2) is 35.8 Å². The monoisotopic (exact) mass is 223 g/mol. The minimum absolute atomic E-state index is 0.0633. The molecule has 0 aromatic heterocycles. The summed E-state index contributed by atoms with van der Waals surface area (Å²) in [4.78, 5) is 11.3. The zero-order valence-corrected chi connectivity index (χ0v) is 9.68. The Morgan fingerprint density at radius 3 is 3.12 bits per heavy atom. The summed E-state index contributed by atoms with van der Waals surface area (Å²) in [6.07, 6.45) is 6.06. The Balaban J connectivity index is 2.58. The van der Waals surface area contributed by atoms with E-state index in [2.05, 4.69) is 11.9 Å². The van der Waals surface area contributed by atoms with Crippen LogP contribution in [-0.2, 0) is 4.79 Å². The zero-order valence-electron chi connectivity index (χ0n) is 9.68. The van der Waals surface area contributed by atoms with Gasteiger partial charge in [-0.2, -0.15) is 0 Å². The number of Topliss-reactive ketones (excluding diaryl/α,β-unsaturated/α-hetero) is 1. The lowest BCUT2D eigenvalue weighted by molar-refractivity contribution is -0.117. The minimum Gasteiger partial charge on any atom is -0.378 e. The third kappa shape index (κ3) is 3.65. The van der Waals surface area contributed by atoms with Crippen LogP contribution in [0.2, 0.25) is 0 Å². The number of hydrogen-bond acceptors (Lipinski definition) is 2. The fourth-order valence-corrected chi connectivity index (χ4v) is 1.62. The average molecular weight is 223 g/mol. The highest BCUT2D eigenvalue weighted by Crippen LogP contribution is 2.23. The molecule has 2 nitrogen and oxygen atoms in total. The topological polar surface area (TPSA) is 29.1 Å². The number of allylic oxidation sites excluding steroid dienone is 4. The first-order chi connectivity index (χ1) is 7.65. The quantitative estimate of drug-likeness (QED) is 0.726. The minimum atomic E-state index is -0.0765. The first-order valence-electron chi connectivity index (χ1n) is 5.57. The van der Waals surface area contributed by atoms with Crippen molar-refractivity contribution in [1.29, 1.82) is 0 Å². The summed E-state index contributed by atoms with van der Waals surface area (Å²) in [6, 6.07) is 0. The standard InChI is InChI=1S/C13H18FNO/c1-3-6-11(16)9-15-13-8-5-4-7-12(14)10(13)2/h3,8,15H,1,4-7,9H2,2H3. The predicted molar refractivity (Wildman–Crippen MR) is 63.6 cm³/mol. The molecule has 0 amide bonds. The number of halogens is 1. The summed E-state index contributed by atoms with van der Waals surface area (Å²) in [5.74, 6) is -0.0132. The van der Waals surface area contributed by atoms with E-state index in [1.54, 1.807) is 13.0 Å². The molecule has 0 heterocycles. The van der Waals surface area contributed by atoms with Gasteiger partial charge in [-0.3, -0.25) is 4.79 Å². The first kappa shape index (κ1) is 12.7. The second-order valence-electron chi connectivity index (χ2n) is 3.92. The maximum absolute atomic E-state index is 13.5. The number of hydrogen-bond donors (Lipinski definition) is 1. The van der Waals surface area contributed by atoms with Crippen molar-refractivity contribution in [1.82, 2.24) is 5.32 Å². The predicted octanol–water partition coefficient (Wildman–Crippen LogP) is 3.03. The molecule has 1 aliphatic rings. The van der Waals surface area contributed by atoms with E-state index in [4.69, 9.17) is 0 Å². The number of carbonyl (C=O) groups excluding carboxylic acids is 1. The van der Waals surface area contributed by atoms with Crippen LogP contribution < -0.4 is 5.32 Å². The highest BCUT2D eigenvalue weighted by atomic mass is 19.1. The van der Waals surface area contributed by atoms with Gasteiger partial charge in [-0.1, -0.05) is 12.2 Å². The van der Waals surface area contributed by atoms with Gasteiger partial charge in [-0.05, 0) is 26.2 Å². The first-order valence-corrected chi connectivity index (χ1v) is 5.57. The molecule has 0 bridgehead atoms.